The van der Waals surface area contributed by atoms with Crippen LogP contribution in [0.4, 0.5) is 5.82 Å². The Hall–Kier alpha value is -2.69. The monoisotopic (exact) mass is 292 g/mol. The summed E-state index contributed by atoms with van der Waals surface area (Å²) in [7, 11) is 0. The summed E-state index contributed by atoms with van der Waals surface area (Å²) in [6.45, 7) is 1.93. The maximum atomic E-state index is 12.4. The molecule has 0 aliphatic heterocycles. The minimum Gasteiger partial charge on any atom is -0.383 e. The maximum Gasteiger partial charge on any atom is 0.355 e. The average Bonchev–Trinajstić information content (AvgIpc) is 3.33. The highest BCUT2D eigenvalue weighted by atomic mass is 16.1. The number of benzene rings is 1. The van der Waals surface area contributed by atoms with Crippen molar-refractivity contribution in [3.8, 4) is 5.82 Å². The number of nitrogen functional groups attached to an aromatic ring is 1. The second-order valence-electron chi connectivity index (χ2n) is 5.81. The second-order valence-corrected chi connectivity index (χ2v) is 5.81. The molecule has 5 heteroatoms. The molecule has 2 N–H and O–H groups in total. The van der Waals surface area contributed by atoms with Gasteiger partial charge >= 0.3 is 5.69 Å². The van der Waals surface area contributed by atoms with E-state index in [2.05, 4.69) is 22.1 Å². The summed E-state index contributed by atoms with van der Waals surface area (Å²) < 4.78 is 1.56. The van der Waals surface area contributed by atoms with Gasteiger partial charge in [-0.3, -0.25) is 0 Å². The van der Waals surface area contributed by atoms with E-state index in [1.54, 1.807) is 10.8 Å². The van der Waals surface area contributed by atoms with Crippen molar-refractivity contribution < 1.29 is 0 Å². The Morgan fingerprint density at radius 3 is 2.82 bits per heavy atom. The molecular formula is C17H16N4O. The van der Waals surface area contributed by atoms with Gasteiger partial charge in [0, 0.05) is 11.6 Å². The van der Waals surface area contributed by atoms with Crippen LogP contribution in [0.15, 0.2) is 41.3 Å². The van der Waals surface area contributed by atoms with Crippen LogP contribution in [-0.4, -0.2) is 14.5 Å². The first kappa shape index (κ1) is 13.0. The van der Waals surface area contributed by atoms with Crippen molar-refractivity contribution in [3.63, 3.8) is 0 Å². The lowest BCUT2D eigenvalue weighted by Crippen LogP contribution is -2.24. The number of hydrogen-bond donors (Lipinski definition) is 1. The smallest absolute Gasteiger partial charge is 0.355 e. The molecule has 1 aliphatic carbocycles. The van der Waals surface area contributed by atoms with Gasteiger partial charge in [0.15, 0.2) is 0 Å². The summed E-state index contributed by atoms with van der Waals surface area (Å²) in [6, 6.07) is 9.88. The van der Waals surface area contributed by atoms with Crippen LogP contribution in [0.5, 0.6) is 0 Å². The standard InChI is InChI=1S/C17H16N4O/c1-10-3-2-8-19-16(10)21-14-9-12(11-4-5-11)6-7-13(14)15(18)20-17(21)22/h2-3,6-9,11H,4-5H2,1H3,(H2,18,20,22). The molecular weight excluding hydrogens is 276 g/mol. The molecule has 1 aliphatic rings. The highest BCUT2D eigenvalue weighted by Gasteiger charge is 2.24. The lowest BCUT2D eigenvalue weighted by Gasteiger charge is -2.13. The van der Waals surface area contributed by atoms with Crippen molar-refractivity contribution in [1.82, 2.24) is 14.5 Å². The van der Waals surface area contributed by atoms with Crippen molar-refractivity contribution in [1.29, 1.82) is 0 Å². The number of anilines is 1. The van der Waals surface area contributed by atoms with Gasteiger partial charge in [-0.1, -0.05) is 12.1 Å². The van der Waals surface area contributed by atoms with Gasteiger partial charge in [-0.05, 0) is 55.0 Å². The number of rotatable bonds is 2. The Kier molecular flexibility index (Phi) is 2.76. The summed E-state index contributed by atoms with van der Waals surface area (Å²) in [5.74, 6) is 1.48. The molecule has 0 unspecified atom stereocenters. The Balaban J connectivity index is 2.10. The molecule has 22 heavy (non-hydrogen) atoms. The summed E-state index contributed by atoms with van der Waals surface area (Å²) in [5.41, 5.74) is 8.51. The minimum atomic E-state index is -0.389. The van der Waals surface area contributed by atoms with E-state index in [4.69, 9.17) is 5.73 Å². The quantitative estimate of drug-likeness (QED) is 0.787. The molecule has 4 rings (SSSR count). The Morgan fingerprint density at radius 1 is 1.27 bits per heavy atom. The Labute approximate surface area is 127 Å². The van der Waals surface area contributed by atoms with Crippen LogP contribution in [-0.2, 0) is 0 Å². The molecule has 2 aromatic heterocycles. The highest BCUT2D eigenvalue weighted by molar-refractivity contribution is 5.89. The van der Waals surface area contributed by atoms with Gasteiger partial charge < -0.3 is 5.73 Å². The molecule has 0 radical (unpaired) electrons. The second kappa shape index (κ2) is 4.66. The van der Waals surface area contributed by atoms with E-state index in [9.17, 15) is 4.79 Å². The van der Waals surface area contributed by atoms with Crippen LogP contribution < -0.4 is 11.4 Å². The number of aromatic nitrogens is 3. The zero-order chi connectivity index (χ0) is 15.3. The van der Waals surface area contributed by atoms with E-state index in [0.29, 0.717) is 11.7 Å². The van der Waals surface area contributed by atoms with E-state index >= 15 is 0 Å². The summed E-state index contributed by atoms with van der Waals surface area (Å²) in [4.78, 5) is 20.8. The SMILES string of the molecule is Cc1cccnc1-n1c(=O)nc(N)c2ccc(C3CC3)cc21. The third-order valence-electron chi connectivity index (χ3n) is 4.19. The van der Waals surface area contributed by atoms with E-state index in [0.717, 1.165) is 16.5 Å². The molecule has 1 aromatic carbocycles. The van der Waals surface area contributed by atoms with Gasteiger partial charge in [0.1, 0.15) is 11.6 Å². The number of pyridine rings is 1. The van der Waals surface area contributed by atoms with Gasteiger partial charge in [-0.25, -0.2) is 14.3 Å². The molecule has 0 spiro atoms. The largest absolute Gasteiger partial charge is 0.383 e. The molecule has 0 bridgehead atoms. The molecule has 0 saturated heterocycles. The number of hydrogen-bond acceptors (Lipinski definition) is 4. The fourth-order valence-electron chi connectivity index (χ4n) is 2.85. The van der Waals surface area contributed by atoms with Crippen LogP contribution >= 0.6 is 0 Å². The van der Waals surface area contributed by atoms with E-state index in [-0.39, 0.29) is 11.5 Å². The number of nitrogens with zero attached hydrogens (tertiary/aromatic N) is 3. The van der Waals surface area contributed by atoms with E-state index in [1.807, 2.05) is 25.1 Å². The first-order valence-corrected chi connectivity index (χ1v) is 7.39. The van der Waals surface area contributed by atoms with Crippen LogP contribution in [0, 0.1) is 6.92 Å². The number of fused-ring (bicyclic) bond motifs is 1. The first-order valence-electron chi connectivity index (χ1n) is 7.39. The zero-order valence-corrected chi connectivity index (χ0v) is 12.3. The fourth-order valence-corrected chi connectivity index (χ4v) is 2.85. The van der Waals surface area contributed by atoms with Crippen LogP contribution in [0.25, 0.3) is 16.7 Å². The molecule has 1 fully saturated rings. The van der Waals surface area contributed by atoms with Gasteiger partial charge in [0.2, 0.25) is 0 Å². The molecule has 110 valence electrons. The van der Waals surface area contributed by atoms with Crippen molar-refractivity contribution in [2.45, 2.75) is 25.7 Å². The fraction of sp³-hybridized carbons (Fsp3) is 0.235. The minimum absolute atomic E-state index is 0.271. The van der Waals surface area contributed by atoms with Crippen LogP contribution in [0.2, 0.25) is 0 Å². The average molecular weight is 292 g/mol. The summed E-state index contributed by atoms with van der Waals surface area (Å²) in [5, 5.41) is 0.786. The van der Waals surface area contributed by atoms with Gasteiger partial charge in [-0.2, -0.15) is 4.98 Å². The highest BCUT2D eigenvalue weighted by Crippen LogP contribution is 2.41. The van der Waals surface area contributed by atoms with Crippen molar-refractivity contribution in [2.75, 3.05) is 5.73 Å². The van der Waals surface area contributed by atoms with Crippen molar-refractivity contribution in [2.24, 2.45) is 0 Å². The summed E-state index contributed by atoms with van der Waals surface area (Å²) in [6.07, 6.45) is 4.10. The lowest BCUT2D eigenvalue weighted by molar-refractivity contribution is 0.913. The zero-order valence-electron chi connectivity index (χ0n) is 12.3. The van der Waals surface area contributed by atoms with E-state index in [1.165, 1.54) is 18.4 Å². The van der Waals surface area contributed by atoms with Crippen LogP contribution in [0.3, 0.4) is 0 Å². The maximum absolute atomic E-state index is 12.4. The molecule has 1 saturated carbocycles. The molecule has 5 nitrogen and oxygen atoms in total. The third kappa shape index (κ3) is 1.97. The molecule has 2 heterocycles. The topological polar surface area (TPSA) is 73.8 Å². The summed E-state index contributed by atoms with van der Waals surface area (Å²) >= 11 is 0. The third-order valence-corrected chi connectivity index (χ3v) is 4.19. The number of nitrogens with two attached hydrogens (primary N) is 1. The van der Waals surface area contributed by atoms with Crippen molar-refractivity contribution in [3.05, 3.63) is 58.1 Å². The predicted octanol–water partition coefficient (Wildman–Crippen LogP) is 2.55. The van der Waals surface area contributed by atoms with E-state index < -0.39 is 0 Å². The number of aryl methyl sites for hydroxylation is 1. The normalized spacial score (nSPS) is 14.4. The van der Waals surface area contributed by atoms with Crippen molar-refractivity contribution >= 4 is 16.7 Å². The van der Waals surface area contributed by atoms with Gasteiger partial charge in [-0.15, -0.1) is 0 Å². The molecule has 3 aromatic rings. The molecule has 0 atom stereocenters. The van der Waals surface area contributed by atoms with Crippen LogP contribution in [0.1, 0.15) is 29.9 Å². The first-order chi connectivity index (χ1) is 10.6. The Morgan fingerprint density at radius 2 is 2.09 bits per heavy atom. The molecule has 0 amide bonds. The Bertz CT molecular complexity index is 941. The van der Waals surface area contributed by atoms with Gasteiger partial charge in [0.05, 0.1) is 5.52 Å². The lowest BCUT2D eigenvalue weighted by atomic mass is 10.1. The predicted molar refractivity (Wildman–Crippen MR) is 86.3 cm³/mol. The van der Waals surface area contributed by atoms with Gasteiger partial charge in [0.25, 0.3) is 0 Å².